The van der Waals surface area contributed by atoms with Crippen LogP contribution < -0.4 is 34.4 Å². The summed E-state index contributed by atoms with van der Waals surface area (Å²) in [6, 6.07) is 0. The summed E-state index contributed by atoms with van der Waals surface area (Å²) in [5, 5.41) is 44.6. The molecule has 40 heteroatoms. The third-order valence-corrected chi connectivity index (χ3v) is 13.4. The number of aliphatic hydroxyl groups is 4. The largest absolute Gasteiger partial charge is 0.472 e. The van der Waals surface area contributed by atoms with E-state index in [0.29, 0.717) is 0 Å². The van der Waals surface area contributed by atoms with Crippen LogP contribution in [0.15, 0.2) is 19.0 Å². The van der Waals surface area contributed by atoms with E-state index in [4.69, 9.17) is 66.7 Å². The minimum Gasteiger partial charge on any atom is -0.387 e. The zero-order chi connectivity index (χ0) is 50.4. The van der Waals surface area contributed by atoms with Crippen LogP contribution in [0.5, 0.6) is 0 Å². The van der Waals surface area contributed by atoms with Crippen molar-refractivity contribution in [3.63, 3.8) is 0 Å². The van der Waals surface area contributed by atoms with Gasteiger partial charge in [-0.05, 0) is 0 Å². The van der Waals surface area contributed by atoms with Gasteiger partial charge >= 0.3 is 23.5 Å². The Labute approximate surface area is 387 Å². The fraction of sp³-hybridized carbons (Fsp3) is 0.500. The highest BCUT2D eigenvalue weighted by Gasteiger charge is 2.53. The van der Waals surface area contributed by atoms with Gasteiger partial charge in [0.25, 0.3) is 0 Å². The van der Waals surface area contributed by atoms with Gasteiger partial charge in [0, 0.05) is 0 Å². The molecule has 0 spiro atoms. The highest BCUT2D eigenvalue weighted by atomic mass is 31.2. The summed E-state index contributed by atoms with van der Waals surface area (Å²) < 4.78 is 85.3. The molecule has 20 N–H and O–H groups in total. The number of phosphoric ester groups is 3. The summed E-state index contributed by atoms with van der Waals surface area (Å²) in [5.74, 6) is -1.43. The van der Waals surface area contributed by atoms with Crippen molar-refractivity contribution in [2.75, 3.05) is 54.2 Å². The molecule has 6 aromatic heterocycles. The molecule has 14 atom stereocenters. The average molecular weight is 1050 g/mol. The number of nitrogens with two attached hydrogens (primary N) is 6. The molecule has 3 saturated heterocycles. The van der Waals surface area contributed by atoms with E-state index in [1.54, 1.807) is 0 Å². The first kappa shape index (κ1) is 49.5. The van der Waals surface area contributed by atoms with E-state index < -0.39 is 117 Å². The minimum absolute atomic E-state index is 0.0218. The van der Waals surface area contributed by atoms with E-state index in [-0.39, 0.29) is 68.8 Å². The fourth-order valence-electron chi connectivity index (χ4n) is 7.78. The Hall–Kier alpha value is -5.50. The highest BCUT2D eigenvalue weighted by Crippen LogP contribution is 2.53. The maximum Gasteiger partial charge on any atom is 0.472 e. The Morgan fingerprint density at radius 1 is 0.486 bits per heavy atom. The molecular weight excluding hydrogens is 1010 g/mol. The fourth-order valence-corrected chi connectivity index (χ4v) is 9.99. The lowest BCUT2D eigenvalue weighted by Gasteiger charge is -2.25. The Kier molecular flexibility index (Phi) is 12.9. The number of hydrogen-bond donors (Lipinski definition) is 14. The van der Waals surface area contributed by atoms with Crippen molar-refractivity contribution in [1.29, 1.82) is 0 Å². The number of rotatable bonds is 16. The van der Waals surface area contributed by atoms with Gasteiger partial charge in [-0.3, -0.25) is 36.3 Å². The number of fused-ring (bicyclic) bond motifs is 3. The first-order chi connectivity index (χ1) is 32.9. The van der Waals surface area contributed by atoms with Crippen molar-refractivity contribution in [3.8, 4) is 0 Å². The van der Waals surface area contributed by atoms with Gasteiger partial charge in [-0.15, -0.1) is 0 Å². The molecule has 0 aromatic carbocycles. The number of imidazole rings is 3. The molecular formula is C30H41N18O19P3. The van der Waals surface area contributed by atoms with Crippen LogP contribution in [-0.2, 0) is 50.5 Å². The monoisotopic (exact) mass is 1050 g/mol. The second-order valence-electron chi connectivity index (χ2n) is 15.5. The summed E-state index contributed by atoms with van der Waals surface area (Å²) >= 11 is 0. The van der Waals surface area contributed by atoms with Gasteiger partial charge in [0.2, 0.25) is 17.8 Å². The molecule has 380 valence electrons. The lowest BCUT2D eigenvalue weighted by atomic mass is 10.1. The molecule has 37 nitrogen and oxygen atoms in total. The van der Waals surface area contributed by atoms with Crippen molar-refractivity contribution in [3.05, 3.63) is 19.0 Å². The molecule has 0 aliphatic carbocycles. The van der Waals surface area contributed by atoms with Gasteiger partial charge in [-0.2, -0.15) is 29.9 Å². The lowest BCUT2D eigenvalue weighted by Crippen LogP contribution is -2.37. The molecule has 0 radical (unpaired) electrons. The Morgan fingerprint density at radius 3 is 1.19 bits per heavy atom. The van der Waals surface area contributed by atoms with Crippen molar-refractivity contribution in [2.45, 2.75) is 73.6 Å². The predicted molar refractivity (Wildman–Crippen MR) is 227 cm³/mol. The number of phosphoric acid groups is 3. The topological polar surface area (TPSA) is 574 Å². The summed E-state index contributed by atoms with van der Waals surface area (Å²) in [6.07, 6.45) is -17.9. The molecule has 0 bridgehead atoms. The molecule has 3 aliphatic heterocycles. The number of anilines is 6. The number of aliphatic hydroxyl groups excluding tert-OH is 4. The normalized spacial score (nSPS) is 30.2. The van der Waals surface area contributed by atoms with Gasteiger partial charge < -0.3 is 88.6 Å². The second-order valence-corrected chi connectivity index (χ2v) is 19.5. The number of hydrogen-bond acceptors (Lipinski definition) is 30. The van der Waals surface area contributed by atoms with E-state index in [1.807, 2.05) is 0 Å². The van der Waals surface area contributed by atoms with Crippen molar-refractivity contribution in [2.24, 2.45) is 0 Å². The van der Waals surface area contributed by atoms with E-state index in [2.05, 4.69) is 49.4 Å². The zero-order valence-corrected chi connectivity index (χ0v) is 37.7. The van der Waals surface area contributed by atoms with Crippen LogP contribution in [0.2, 0.25) is 0 Å². The zero-order valence-electron chi connectivity index (χ0n) is 35.0. The number of nitrogen functional groups attached to an aromatic ring is 6. The van der Waals surface area contributed by atoms with Crippen LogP contribution in [0.3, 0.4) is 0 Å². The highest BCUT2D eigenvalue weighted by molar-refractivity contribution is 7.47. The average Bonchev–Trinajstić information content (AvgIpc) is 4.13. The van der Waals surface area contributed by atoms with Gasteiger partial charge in [0.15, 0.2) is 53.1 Å². The molecule has 9 rings (SSSR count). The SMILES string of the molecule is Nc1nc(N)c2ncn([C@@H]3O[C@H](COP(=O)(O)O[C@@H]4[C@H](O)[C@@H](COP(=O)(O)O[C@@H]5[C@H](O)[C@@H](COP(=O)(O)O)O[C@H]5n5cnc6c(N)nc(N)nc65)O[C@H]4n4cnc5c(N)nc(N)nc54)[C@@H](O)[C@H]3O)c2n1. The van der Waals surface area contributed by atoms with Crippen LogP contribution in [0, 0.1) is 0 Å². The molecule has 0 saturated carbocycles. The summed E-state index contributed by atoms with van der Waals surface area (Å²) in [5.41, 5.74) is 34.8. The van der Waals surface area contributed by atoms with Crippen molar-refractivity contribution < 1.29 is 90.5 Å². The maximum atomic E-state index is 13.7. The van der Waals surface area contributed by atoms with Crippen LogP contribution >= 0.6 is 23.5 Å². The van der Waals surface area contributed by atoms with Crippen molar-refractivity contribution >= 4 is 92.3 Å². The molecule has 9 heterocycles. The van der Waals surface area contributed by atoms with Crippen LogP contribution in [-0.4, -0.2) is 173 Å². The van der Waals surface area contributed by atoms with Crippen molar-refractivity contribution in [1.82, 2.24) is 58.6 Å². The van der Waals surface area contributed by atoms with E-state index in [9.17, 15) is 53.7 Å². The molecule has 2 unspecified atom stereocenters. The van der Waals surface area contributed by atoms with Crippen LogP contribution in [0.25, 0.3) is 33.5 Å². The standard InChI is InChI=1S/C30H41N18O19P3/c31-19-10-22(43-28(34)40-19)46(4-37-10)25-16(52)13(49)7(63-25)2-61-69(56,57)67-18-15(51)9(65-27(18)48-6-39-12-21(33)42-30(36)45-24(12)48)3-62-70(58,59)66-17-14(50)8(1-60-68(53,54)55)64-26(17)47-5-38-11-20(32)41-29(35)44-23(11)47/h4-9,13-18,25-27,49-52H,1-3H2,(H,56,57)(H,58,59)(H2,53,54,55)(H4,31,34,40,43)(H4,32,35,41,44)(H4,33,36,42,45)/t7-,8-,9-,13-,14-,15-,16-,17-,18-,25-,26-,27-/m1/s1. The maximum absolute atomic E-state index is 13.7. The van der Waals surface area contributed by atoms with Crippen LogP contribution in [0.1, 0.15) is 18.7 Å². The number of nitrogens with zero attached hydrogens (tertiary/aromatic N) is 12. The molecule has 70 heavy (non-hydrogen) atoms. The van der Waals surface area contributed by atoms with Gasteiger partial charge in [0.05, 0.1) is 38.8 Å². The molecule has 6 aromatic rings. The quantitative estimate of drug-likeness (QED) is 0.0405. The molecule has 3 aliphatic rings. The first-order valence-electron chi connectivity index (χ1n) is 19.9. The summed E-state index contributed by atoms with van der Waals surface area (Å²) in [7, 11) is -16.1. The molecule has 3 fully saturated rings. The van der Waals surface area contributed by atoms with Gasteiger partial charge in [0.1, 0.15) is 71.5 Å². The number of ether oxygens (including phenoxy) is 3. The summed E-state index contributed by atoms with van der Waals surface area (Å²) in [6.45, 7) is -2.99. The lowest BCUT2D eigenvalue weighted by molar-refractivity contribution is -0.0644. The minimum atomic E-state index is -5.49. The van der Waals surface area contributed by atoms with Crippen LogP contribution in [0.4, 0.5) is 35.3 Å². The van der Waals surface area contributed by atoms with Gasteiger partial charge in [-0.25, -0.2) is 28.6 Å². The van der Waals surface area contributed by atoms with E-state index >= 15 is 0 Å². The second kappa shape index (κ2) is 18.3. The smallest absolute Gasteiger partial charge is 0.387 e. The van der Waals surface area contributed by atoms with E-state index in [1.165, 1.54) is 10.9 Å². The predicted octanol–water partition coefficient (Wildman–Crippen LogP) is -4.75. The third kappa shape index (κ3) is 9.53. The Balaban J connectivity index is 0.933. The number of aromatic nitrogens is 12. The summed E-state index contributed by atoms with van der Waals surface area (Å²) in [4.78, 5) is 76.6. The Morgan fingerprint density at radius 2 is 0.814 bits per heavy atom. The van der Waals surface area contributed by atoms with E-state index in [0.717, 1.165) is 21.8 Å². The first-order valence-corrected chi connectivity index (χ1v) is 24.4. The van der Waals surface area contributed by atoms with Gasteiger partial charge in [-0.1, -0.05) is 0 Å². The Bertz CT molecular complexity index is 3110. The molecule has 0 amide bonds. The third-order valence-electron chi connectivity index (χ3n) is 10.9.